The molecule has 1 heterocycles. The van der Waals surface area contributed by atoms with Gasteiger partial charge in [0.2, 0.25) is 0 Å². The summed E-state index contributed by atoms with van der Waals surface area (Å²) in [5.74, 6) is 0.730. The first-order valence-electron chi connectivity index (χ1n) is 6.64. The molecule has 1 aromatic heterocycles. The van der Waals surface area contributed by atoms with E-state index in [9.17, 15) is 4.79 Å². The summed E-state index contributed by atoms with van der Waals surface area (Å²) in [6.45, 7) is 4.05. The zero-order chi connectivity index (χ0) is 15.6. The minimum absolute atomic E-state index is 0.188. The van der Waals surface area contributed by atoms with Gasteiger partial charge in [0, 0.05) is 19.4 Å². The van der Waals surface area contributed by atoms with Gasteiger partial charge < -0.3 is 9.88 Å². The number of benzene rings is 1. The third-order valence-corrected chi connectivity index (χ3v) is 4.11. The Bertz CT molecular complexity index is 652. The van der Waals surface area contributed by atoms with Gasteiger partial charge in [0.05, 0.1) is 21.7 Å². The Balaban J connectivity index is 2.28. The van der Waals surface area contributed by atoms with Crippen molar-refractivity contribution in [2.45, 2.75) is 19.9 Å². The van der Waals surface area contributed by atoms with Crippen molar-refractivity contribution in [1.82, 2.24) is 14.9 Å². The van der Waals surface area contributed by atoms with Crippen LogP contribution < -0.4 is 5.32 Å². The Morgan fingerprint density at radius 3 is 2.62 bits per heavy atom. The Morgan fingerprint density at radius 1 is 1.33 bits per heavy atom. The molecule has 2 rings (SSSR count). The highest BCUT2D eigenvalue weighted by atomic mass is 35.5. The van der Waals surface area contributed by atoms with Crippen LogP contribution in [0, 0.1) is 5.92 Å². The molecule has 0 fully saturated rings. The van der Waals surface area contributed by atoms with E-state index in [2.05, 4.69) is 10.3 Å². The Hall–Kier alpha value is -1.52. The van der Waals surface area contributed by atoms with Gasteiger partial charge in [-0.15, -0.1) is 0 Å². The quantitative estimate of drug-likeness (QED) is 0.927. The number of halogens is 2. The monoisotopic (exact) mass is 325 g/mol. The molecule has 1 unspecified atom stereocenters. The molecule has 0 bridgehead atoms. The van der Waals surface area contributed by atoms with Crippen molar-refractivity contribution in [3.63, 3.8) is 0 Å². The number of hydrogen-bond donors (Lipinski definition) is 1. The van der Waals surface area contributed by atoms with Gasteiger partial charge in [-0.25, -0.2) is 4.98 Å². The molecule has 1 atom stereocenters. The van der Waals surface area contributed by atoms with Crippen molar-refractivity contribution in [2.75, 3.05) is 0 Å². The van der Waals surface area contributed by atoms with Gasteiger partial charge in [0.25, 0.3) is 5.91 Å². The normalized spacial score (nSPS) is 12.5. The summed E-state index contributed by atoms with van der Waals surface area (Å²) in [4.78, 5) is 16.8. The lowest BCUT2D eigenvalue weighted by Gasteiger charge is -2.22. The van der Waals surface area contributed by atoms with Crippen LogP contribution in [0.5, 0.6) is 0 Å². The minimum atomic E-state index is -0.260. The molecule has 21 heavy (non-hydrogen) atoms. The van der Waals surface area contributed by atoms with Crippen LogP contribution in [0.25, 0.3) is 0 Å². The van der Waals surface area contributed by atoms with E-state index in [1.54, 1.807) is 24.4 Å². The van der Waals surface area contributed by atoms with Crippen LogP contribution in [-0.4, -0.2) is 15.5 Å². The second kappa shape index (κ2) is 6.50. The average Bonchev–Trinajstić information content (AvgIpc) is 2.84. The number of aryl methyl sites for hydroxylation is 1. The summed E-state index contributed by atoms with van der Waals surface area (Å²) in [6, 6.07) is 4.81. The molecule has 0 spiro atoms. The number of hydrogen-bond acceptors (Lipinski definition) is 2. The zero-order valence-corrected chi connectivity index (χ0v) is 13.6. The van der Waals surface area contributed by atoms with Crippen LogP contribution in [0.4, 0.5) is 0 Å². The lowest BCUT2D eigenvalue weighted by molar-refractivity contribution is 0.0922. The van der Waals surface area contributed by atoms with Crippen molar-refractivity contribution in [3.05, 3.63) is 52.0 Å². The van der Waals surface area contributed by atoms with Crippen LogP contribution in [0.1, 0.15) is 36.1 Å². The second-order valence-corrected chi connectivity index (χ2v) is 5.98. The molecule has 0 aliphatic heterocycles. The maximum Gasteiger partial charge on any atom is 0.253 e. The molecule has 0 saturated heterocycles. The number of amides is 1. The van der Waals surface area contributed by atoms with Crippen molar-refractivity contribution in [1.29, 1.82) is 0 Å². The number of rotatable bonds is 4. The summed E-state index contributed by atoms with van der Waals surface area (Å²) in [5.41, 5.74) is 0.365. The van der Waals surface area contributed by atoms with Gasteiger partial charge in [0.15, 0.2) is 0 Å². The lowest BCUT2D eigenvalue weighted by atomic mass is 10.0. The summed E-state index contributed by atoms with van der Waals surface area (Å²) < 4.78 is 1.89. The van der Waals surface area contributed by atoms with Gasteiger partial charge in [-0.2, -0.15) is 0 Å². The summed E-state index contributed by atoms with van der Waals surface area (Å²) in [7, 11) is 1.90. The Morgan fingerprint density at radius 2 is 2.05 bits per heavy atom. The van der Waals surface area contributed by atoms with E-state index < -0.39 is 0 Å². The topological polar surface area (TPSA) is 46.9 Å². The number of imidazole rings is 1. The summed E-state index contributed by atoms with van der Waals surface area (Å²) >= 11 is 12.0. The molecule has 2 aromatic rings. The van der Waals surface area contributed by atoms with Crippen LogP contribution in [-0.2, 0) is 7.05 Å². The molecule has 1 N–H and O–H groups in total. The number of carbonyl (C=O) groups is 1. The van der Waals surface area contributed by atoms with E-state index in [1.807, 2.05) is 31.7 Å². The molecule has 0 aliphatic rings. The first kappa shape index (κ1) is 15.9. The molecule has 0 saturated carbocycles. The fourth-order valence-corrected chi connectivity index (χ4v) is 2.49. The third kappa shape index (κ3) is 3.39. The average molecular weight is 326 g/mol. The maximum atomic E-state index is 12.4. The predicted octanol–water partition coefficient (Wildman–Crippen LogP) is 3.85. The third-order valence-electron chi connectivity index (χ3n) is 3.29. The van der Waals surface area contributed by atoms with E-state index >= 15 is 0 Å². The van der Waals surface area contributed by atoms with Crippen LogP contribution >= 0.6 is 23.2 Å². The minimum Gasteiger partial charge on any atom is -0.342 e. The van der Waals surface area contributed by atoms with E-state index in [1.165, 1.54) is 0 Å². The lowest BCUT2D eigenvalue weighted by Crippen LogP contribution is -2.33. The highest BCUT2D eigenvalue weighted by molar-refractivity contribution is 6.43. The zero-order valence-electron chi connectivity index (χ0n) is 12.1. The van der Waals surface area contributed by atoms with Crippen molar-refractivity contribution < 1.29 is 4.79 Å². The fraction of sp³-hybridized carbons (Fsp3) is 0.333. The van der Waals surface area contributed by atoms with Crippen LogP contribution in [0.2, 0.25) is 10.0 Å². The van der Waals surface area contributed by atoms with E-state index in [-0.39, 0.29) is 22.9 Å². The molecule has 0 aliphatic carbocycles. The molecule has 1 aromatic carbocycles. The van der Waals surface area contributed by atoms with Gasteiger partial charge in [-0.1, -0.05) is 43.1 Å². The number of aromatic nitrogens is 2. The smallest absolute Gasteiger partial charge is 0.253 e. The van der Waals surface area contributed by atoms with Crippen LogP contribution in [0.3, 0.4) is 0 Å². The Kier molecular flexibility index (Phi) is 4.91. The van der Waals surface area contributed by atoms with Gasteiger partial charge in [-0.3, -0.25) is 4.79 Å². The maximum absolute atomic E-state index is 12.4. The van der Waals surface area contributed by atoms with Gasteiger partial charge >= 0.3 is 0 Å². The summed E-state index contributed by atoms with van der Waals surface area (Å²) in [5, 5.41) is 3.60. The standard InChI is InChI=1S/C15H17Cl2N3O/c1-9(2)13(14-18-7-8-20(14)3)19-15(21)10-5-4-6-11(16)12(10)17/h4-9,13H,1-3H3,(H,19,21). The second-order valence-electron chi connectivity index (χ2n) is 5.19. The van der Waals surface area contributed by atoms with E-state index in [0.29, 0.717) is 10.6 Å². The molecular weight excluding hydrogens is 309 g/mol. The molecule has 112 valence electrons. The van der Waals surface area contributed by atoms with Crippen molar-refractivity contribution in [3.8, 4) is 0 Å². The SMILES string of the molecule is CC(C)C(NC(=O)c1cccc(Cl)c1Cl)c1nccn1C. The molecule has 6 heteroatoms. The largest absolute Gasteiger partial charge is 0.342 e. The molecule has 1 amide bonds. The summed E-state index contributed by atoms with van der Waals surface area (Å²) in [6.07, 6.45) is 3.56. The fourth-order valence-electron chi connectivity index (χ4n) is 2.10. The highest BCUT2D eigenvalue weighted by Crippen LogP contribution is 2.27. The van der Waals surface area contributed by atoms with Crippen molar-refractivity contribution >= 4 is 29.1 Å². The highest BCUT2D eigenvalue weighted by Gasteiger charge is 2.23. The first-order chi connectivity index (χ1) is 9.91. The van der Waals surface area contributed by atoms with Crippen molar-refractivity contribution in [2.24, 2.45) is 13.0 Å². The molecule has 0 radical (unpaired) electrons. The molecule has 4 nitrogen and oxygen atoms in total. The predicted molar refractivity (Wildman–Crippen MR) is 84.7 cm³/mol. The molecular formula is C15H17Cl2N3O. The van der Waals surface area contributed by atoms with Crippen LogP contribution in [0.15, 0.2) is 30.6 Å². The van der Waals surface area contributed by atoms with E-state index in [4.69, 9.17) is 23.2 Å². The number of carbonyl (C=O) groups excluding carboxylic acids is 1. The van der Waals surface area contributed by atoms with E-state index in [0.717, 1.165) is 5.82 Å². The van der Waals surface area contributed by atoms with Gasteiger partial charge in [0.1, 0.15) is 5.82 Å². The van der Waals surface area contributed by atoms with Gasteiger partial charge in [-0.05, 0) is 18.1 Å². The number of nitrogens with one attached hydrogen (secondary N) is 1. The first-order valence-corrected chi connectivity index (χ1v) is 7.39. The Labute approximate surface area is 134 Å². The number of nitrogens with zero attached hydrogens (tertiary/aromatic N) is 2.